The van der Waals surface area contributed by atoms with Crippen LogP contribution in [0.3, 0.4) is 0 Å². The van der Waals surface area contributed by atoms with Crippen LogP contribution in [0.25, 0.3) is 39.1 Å². The van der Waals surface area contributed by atoms with Crippen molar-refractivity contribution in [2.45, 2.75) is 71.5 Å². The van der Waals surface area contributed by atoms with Gasteiger partial charge < -0.3 is 19.7 Å². The first-order valence-corrected chi connectivity index (χ1v) is 18.5. The van der Waals surface area contributed by atoms with Gasteiger partial charge in [-0.05, 0) is 74.4 Å². The van der Waals surface area contributed by atoms with E-state index in [2.05, 4.69) is 31.8 Å². The van der Waals surface area contributed by atoms with E-state index < -0.39 is 17.3 Å². The van der Waals surface area contributed by atoms with E-state index in [0.717, 1.165) is 50.2 Å². The Bertz CT molecular complexity index is 2420. The first kappa shape index (κ1) is 37.2. The van der Waals surface area contributed by atoms with E-state index in [1.54, 1.807) is 23.2 Å². The van der Waals surface area contributed by atoms with Gasteiger partial charge in [-0.3, -0.25) is 9.78 Å². The summed E-state index contributed by atoms with van der Waals surface area (Å²) < 4.78 is 27.1. The van der Waals surface area contributed by atoms with Gasteiger partial charge in [-0.25, -0.2) is 23.7 Å². The minimum Gasteiger partial charge on any atom is -0.488 e. The van der Waals surface area contributed by atoms with Gasteiger partial charge >= 0.3 is 6.09 Å². The third-order valence-corrected chi connectivity index (χ3v) is 9.44. The van der Waals surface area contributed by atoms with E-state index >= 15 is 0 Å². The van der Waals surface area contributed by atoms with Crippen LogP contribution in [-0.4, -0.2) is 66.3 Å². The van der Waals surface area contributed by atoms with E-state index in [1.165, 1.54) is 0 Å². The standard InChI is InChI=1S/C43H44FN7O4/c1-26(2)36-24-46-51-37(17-14-28-10-7-8-13-34(28)38-35-16-15-31(47-41(52)27(3)44)22-29(35)18-20-45-38)48-39(49-40(36)51)30-11-9-12-32(23-30)54-33-19-21-50(25-33)42(53)55-43(4,5)6/h7-13,15-16,18,20,22-24,26,33H,3,14,17,19,21,25H2,1-2,4-6H3,(H,47,52). The minimum absolute atomic E-state index is 0.162. The van der Waals surface area contributed by atoms with Crippen LogP contribution in [0, 0.1) is 0 Å². The van der Waals surface area contributed by atoms with Gasteiger partial charge in [0, 0.05) is 53.3 Å². The number of anilines is 1. The summed E-state index contributed by atoms with van der Waals surface area (Å²) in [4.78, 5) is 41.1. The molecule has 0 bridgehead atoms. The van der Waals surface area contributed by atoms with Crippen molar-refractivity contribution in [1.29, 1.82) is 0 Å². The van der Waals surface area contributed by atoms with E-state index in [9.17, 15) is 14.0 Å². The molecule has 3 aromatic heterocycles. The molecule has 282 valence electrons. The van der Waals surface area contributed by atoms with E-state index in [0.29, 0.717) is 49.6 Å². The number of aryl methyl sites for hydroxylation is 2. The Hall–Kier alpha value is -6.17. The number of nitrogens with zero attached hydrogens (tertiary/aromatic N) is 6. The molecular formula is C43H44FN7O4. The van der Waals surface area contributed by atoms with Crippen LogP contribution in [0.4, 0.5) is 14.9 Å². The molecule has 4 heterocycles. The van der Waals surface area contributed by atoms with E-state index in [4.69, 9.17) is 29.5 Å². The first-order chi connectivity index (χ1) is 26.3. The van der Waals surface area contributed by atoms with Crippen molar-refractivity contribution in [3.05, 3.63) is 115 Å². The topological polar surface area (TPSA) is 124 Å². The number of amides is 2. The maximum Gasteiger partial charge on any atom is 0.410 e. The van der Waals surface area contributed by atoms with Crippen molar-refractivity contribution in [2.75, 3.05) is 18.4 Å². The molecule has 1 aliphatic heterocycles. The summed E-state index contributed by atoms with van der Waals surface area (Å²) in [5.41, 5.74) is 5.34. The van der Waals surface area contributed by atoms with Crippen LogP contribution < -0.4 is 10.1 Å². The molecule has 1 aliphatic rings. The molecule has 0 radical (unpaired) electrons. The lowest BCUT2D eigenvalue weighted by atomic mass is 9.96. The van der Waals surface area contributed by atoms with Crippen LogP contribution >= 0.6 is 0 Å². The fourth-order valence-electron chi connectivity index (χ4n) is 6.75. The third kappa shape index (κ3) is 8.33. The number of nitrogens with one attached hydrogen (secondary N) is 1. The van der Waals surface area contributed by atoms with Crippen LogP contribution in [0.5, 0.6) is 5.75 Å². The monoisotopic (exact) mass is 741 g/mol. The molecule has 0 spiro atoms. The highest BCUT2D eigenvalue weighted by molar-refractivity contribution is 6.04. The largest absolute Gasteiger partial charge is 0.488 e. The van der Waals surface area contributed by atoms with Crippen molar-refractivity contribution >= 4 is 34.1 Å². The molecular weight excluding hydrogens is 698 g/mol. The summed E-state index contributed by atoms with van der Waals surface area (Å²) in [7, 11) is 0. The van der Waals surface area contributed by atoms with Crippen molar-refractivity contribution in [3.63, 3.8) is 0 Å². The van der Waals surface area contributed by atoms with Gasteiger partial charge in [0.2, 0.25) is 0 Å². The summed E-state index contributed by atoms with van der Waals surface area (Å²) >= 11 is 0. The minimum atomic E-state index is -1.05. The predicted octanol–water partition coefficient (Wildman–Crippen LogP) is 8.73. The highest BCUT2D eigenvalue weighted by Gasteiger charge is 2.31. The van der Waals surface area contributed by atoms with Gasteiger partial charge in [-0.15, -0.1) is 0 Å². The summed E-state index contributed by atoms with van der Waals surface area (Å²) in [6.45, 7) is 13.9. The fourth-order valence-corrected chi connectivity index (χ4v) is 6.75. The SMILES string of the molecule is C=C(F)C(=O)Nc1ccc2c(-c3ccccc3CCc3nc(-c4cccc(OC5CCN(C(=O)OC(C)(C)C)C5)c4)nc4c(C(C)C)cnn34)nccc2c1. The summed E-state index contributed by atoms with van der Waals surface area (Å²) in [5.74, 6) is 0.273. The molecule has 1 atom stereocenters. The van der Waals surface area contributed by atoms with Crippen LogP contribution in [0.1, 0.15) is 63.9 Å². The Balaban J connectivity index is 1.16. The van der Waals surface area contributed by atoms with Gasteiger partial charge in [0.05, 0.1) is 18.4 Å². The second-order valence-electron chi connectivity index (χ2n) is 15.0. The zero-order chi connectivity index (χ0) is 38.9. The van der Waals surface area contributed by atoms with Gasteiger partial charge in [0.1, 0.15) is 23.3 Å². The zero-order valence-electron chi connectivity index (χ0n) is 31.7. The summed E-state index contributed by atoms with van der Waals surface area (Å²) in [6.07, 6.45) is 5.01. The Morgan fingerprint density at radius 2 is 1.84 bits per heavy atom. The molecule has 1 unspecified atom stereocenters. The molecule has 55 heavy (non-hydrogen) atoms. The lowest BCUT2D eigenvalue weighted by Gasteiger charge is -2.24. The zero-order valence-corrected chi connectivity index (χ0v) is 31.7. The third-order valence-electron chi connectivity index (χ3n) is 9.44. The second-order valence-corrected chi connectivity index (χ2v) is 15.0. The number of hydrogen-bond donors (Lipinski definition) is 1. The molecule has 11 nitrogen and oxygen atoms in total. The molecule has 1 N–H and O–H groups in total. The second kappa shape index (κ2) is 15.3. The number of hydrogen-bond acceptors (Lipinski definition) is 8. The van der Waals surface area contributed by atoms with Crippen molar-refractivity contribution in [2.24, 2.45) is 0 Å². The molecule has 1 saturated heterocycles. The molecule has 7 rings (SSSR count). The average molecular weight is 742 g/mol. The van der Waals surface area contributed by atoms with E-state index in [-0.39, 0.29) is 18.1 Å². The summed E-state index contributed by atoms with van der Waals surface area (Å²) in [5, 5.41) is 9.01. The Kier molecular flexibility index (Phi) is 10.3. The number of ether oxygens (including phenoxy) is 2. The van der Waals surface area contributed by atoms with Gasteiger partial charge in [-0.1, -0.05) is 62.9 Å². The maximum atomic E-state index is 13.4. The molecule has 0 aliphatic carbocycles. The average Bonchev–Trinajstić information content (AvgIpc) is 3.81. The van der Waals surface area contributed by atoms with E-state index in [1.807, 2.05) is 86.1 Å². The lowest BCUT2D eigenvalue weighted by molar-refractivity contribution is -0.114. The molecule has 3 aromatic carbocycles. The molecule has 6 aromatic rings. The Morgan fingerprint density at radius 3 is 2.62 bits per heavy atom. The summed E-state index contributed by atoms with van der Waals surface area (Å²) in [6, 6.07) is 23.2. The van der Waals surface area contributed by atoms with Crippen molar-refractivity contribution in [1.82, 2.24) is 29.5 Å². The van der Waals surface area contributed by atoms with Crippen molar-refractivity contribution < 1.29 is 23.5 Å². The number of aromatic nitrogens is 5. The Morgan fingerprint density at radius 1 is 1.02 bits per heavy atom. The highest BCUT2D eigenvalue weighted by Crippen LogP contribution is 2.32. The van der Waals surface area contributed by atoms with Gasteiger partial charge in [0.25, 0.3) is 5.91 Å². The van der Waals surface area contributed by atoms with Crippen LogP contribution in [0.2, 0.25) is 0 Å². The molecule has 0 saturated carbocycles. The van der Waals surface area contributed by atoms with Crippen LogP contribution in [-0.2, 0) is 22.4 Å². The Labute approximate surface area is 319 Å². The first-order valence-electron chi connectivity index (χ1n) is 18.5. The molecule has 1 fully saturated rings. The predicted molar refractivity (Wildman–Crippen MR) is 211 cm³/mol. The number of rotatable bonds is 10. The number of likely N-dealkylation sites (tertiary alicyclic amines) is 1. The van der Waals surface area contributed by atoms with Gasteiger partial charge in [-0.2, -0.15) is 5.10 Å². The highest BCUT2D eigenvalue weighted by atomic mass is 19.1. The van der Waals surface area contributed by atoms with Crippen molar-refractivity contribution in [3.8, 4) is 28.4 Å². The molecule has 2 amide bonds. The lowest BCUT2D eigenvalue weighted by Crippen LogP contribution is -2.36. The fraction of sp³-hybridized carbons (Fsp3) is 0.302. The number of carbonyl (C=O) groups excluding carboxylic acids is 2. The molecule has 12 heteroatoms. The number of pyridine rings is 1. The number of halogens is 1. The smallest absolute Gasteiger partial charge is 0.410 e. The number of fused-ring (bicyclic) bond motifs is 2. The van der Waals surface area contributed by atoms with Crippen LogP contribution in [0.15, 0.2) is 97.6 Å². The normalized spacial score (nSPS) is 14.5. The maximum absolute atomic E-state index is 13.4. The quantitative estimate of drug-likeness (QED) is 0.138. The number of benzene rings is 3. The number of carbonyl (C=O) groups is 2. The van der Waals surface area contributed by atoms with Gasteiger partial charge in [0.15, 0.2) is 17.3 Å².